The first-order valence-electron chi connectivity index (χ1n) is 8.93. The summed E-state index contributed by atoms with van der Waals surface area (Å²) >= 11 is 0. The number of hydrogen-bond acceptors (Lipinski definition) is 3. The predicted octanol–water partition coefficient (Wildman–Crippen LogP) is 4.42. The first-order valence-corrected chi connectivity index (χ1v) is 8.93. The fraction of sp³-hybridized carbons (Fsp3) is 0.182. The van der Waals surface area contributed by atoms with Crippen molar-refractivity contribution in [2.24, 2.45) is 0 Å². The van der Waals surface area contributed by atoms with Crippen LogP contribution in [0.1, 0.15) is 19.9 Å². The molecule has 136 valence electrons. The topological polar surface area (TPSA) is 48.5 Å². The normalized spacial score (nSPS) is 11.3. The van der Waals surface area contributed by atoms with Gasteiger partial charge in [-0.25, -0.2) is 4.52 Å². The average Bonchev–Trinajstić information content (AvgIpc) is 3.07. The van der Waals surface area contributed by atoms with Crippen molar-refractivity contribution in [3.63, 3.8) is 0 Å². The van der Waals surface area contributed by atoms with Crippen molar-refractivity contribution in [1.82, 2.24) is 14.2 Å². The molecule has 0 bridgehead atoms. The lowest BCUT2D eigenvalue weighted by Gasteiger charge is -2.12. The van der Waals surface area contributed by atoms with Crippen LogP contribution in [0, 0.1) is 0 Å². The van der Waals surface area contributed by atoms with E-state index >= 15 is 0 Å². The van der Waals surface area contributed by atoms with Crippen molar-refractivity contribution in [3.8, 4) is 28.1 Å². The van der Waals surface area contributed by atoms with Crippen molar-refractivity contribution < 1.29 is 4.74 Å². The zero-order chi connectivity index (χ0) is 19.0. The van der Waals surface area contributed by atoms with Gasteiger partial charge in [0, 0.05) is 47.3 Å². The van der Waals surface area contributed by atoms with Crippen LogP contribution < -0.4 is 10.3 Å². The first kappa shape index (κ1) is 17.1. The molecular weight excluding hydrogens is 338 g/mol. The molecule has 0 aliphatic rings. The van der Waals surface area contributed by atoms with Crippen molar-refractivity contribution in [3.05, 3.63) is 77.3 Å². The second-order valence-electron chi connectivity index (χ2n) is 6.74. The maximum absolute atomic E-state index is 12.2. The number of methoxy groups -OCH3 is 1. The van der Waals surface area contributed by atoms with E-state index in [0.29, 0.717) is 0 Å². The maximum Gasteiger partial charge on any atom is 0.250 e. The van der Waals surface area contributed by atoms with Gasteiger partial charge in [-0.15, -0.1) is 0 Å². The molecule has 0 spiro atoms. The number of fused-ring (bicyclic) bond motifs is 1. The molecule has 0 amide bonds. The molecule has 0 aliphatic heterocycles. The van der Waals surface area contributed by atoms with E-state index in [1.54, 1.807) is 17.7 Å². The molecule has 27 heavy (non-hydrogen) atoms. The Morgan fingerprint density at radius 2 is 1.78 bits per heavy atom. The Bertz CT molecular complexity index is 1160. The molecule has 5 heteroatoms. The second kappa shape index (κ2) is 6.76. The van der Waals surface area contributed by atoms with Crippen LogP contribution in [0.2, 0.25) is 0 Å². The summed E-state index contributed by atoms with van der Waals surface area (Å²) in [6.45, 7) is 4.00. The van der Waals surface area contributed by atoms with Gasteiger partial charge in [0.25, 0.3) is 5.56 Å². The third-order valence-corrected chi connectivity index (χ3v) is 4.67. The van der Waals surface area contributed by atoms with Gasteiger partial charge in [-0.1, -0.05) is 30.3 Å². The largest absolute Gasteiger partial charge is 0.497 e. The highest BCUT2D eigenvalue weighted by Gasteiger charge is 2.18. The Hall–Kier alpha value is -3.34. The van der Waals surface area contributed by atoms with Gasteiger partial charge in [-0.05, 0) is 26.0 Å². The van der Waals surface area contributed by atoms with Crippen molar-refractivity contribution in [2.75, 3.05) is 7.11 Å². The third-order valence-electron chi connectivity index (χ3n) is 4.67. The molecule has 5 nitrogen and oxygen atoms in total. The lowest BCUT2D eigenvalue weighted by molar-refractivity contribution is 0.414. The van der Waals surface area contributed by atoms with Gasteiger partial charge >= 0.3 is 0 Å². The van der Waals surface area contributed by atoms with Gasteiger partial charge in [0.05, 0.1) is 12.6 Å². The fourth-order valence-corrected chi connectivity index (χ4v) is 3.29. The molecule has 0 saturated heterocycles. The van der Waals surface area contributed by atoms with Crippen molar-refractivity contribution in [2.45, 2.75) is 19.9 Å². The van der Waals surface area contributed by atoms with Crippen molar-refractivity contribution >= 4 is 5.52 Å². The van der Waals surface area contributed by atoms with Crippen LogP contribution in [0.3, 0.4) is 0 Å². The van der Waals surface area contributed by atoms with Crippen LogP contribution in [-0.4, -0.2) is 21.3 Å². The molecule has 3 aromatic heterocycles. The molecule has 0 unspecified atom stereocenters. The van der Waals surface area contributed by atoms with Crippen molar-refractivity contribution in [1.29, 1.82) is 0 Å². The highest BCUT2D eigenvalue weighted by Crippen LogP contribution is 2.36. The molecular formula is C22H21N3O2. The van der Waals surface area contributed by atoms with E-state index in [2.05, 4.69) is 0 Å². The van der Waals surface area contributed by atoms with E-state index in [4.69, 9.17) is 9.84 Å². The minimum Gasteiger partial charge on any atom is -0.497 e. The third kappa shape index (κ3) is 3.01. The molecule has 0 atom stereocenters. The average molecular weight is 359 g/mol. The Labute approximate surface area is 157 Å². The Morgan fingerprint density at radius 1 is 1.00 bits per heavy atom. The number of hydrogen-bond donors (Lipinski definition) is 0. The first-order chi connectivity index (χ1) is 13.1. The lowest BCUT2D eigenvalue weighted by atomic mass is 10.0. The van der Waals surface area contributed by atoms with Crippen LogP contribution in [0.25, 0.3) is 27.9 Å². The molecule has 3 heterocycles. The number of benzene rings is 1. The molecule has 1 aromatic carbocycles. The van der Waals surface area contributed by atoms with Gasteiger partial charge in [0.15, 0.2) is 0 Å². The van der Waals surface area contributed by atoms with Gasteiger partial charge in [-0.3, -0.25) is 4.79 Å². The maximum atomic E-state index is 12.2. The molecule has 0 N–H and O–H groups in total. The highest BCUT2D eigenvalue weighted by atomic mass is 16.5. The van der Waals surface area contributed by atoms with Gasteiger partial charge in [0.2, 0.25) is 0 Å². The van der Waals surface area contributed by atoms with Gasteiger partial charge in [0.1, 0.15) is 11.4 Å². The summed E-state index contributed by atoms with van der Waals surface area (Å²) in [6, 6.07) is 17.5. The number of pyridine rings is 2. The summed E-state index contributed by atoms with van der Waals surface area (Å²) in [4.78, 5) is 12.2. The summed E-state index contributed by atoms with van der Waals surface area (Å²) < 4.78 is 9.01. The summed E-state index contributed by atoms with van der Waals surface area (Å²) in [7, 11) is 1.65. The molecule has 0 saturated carbocycles. The van der Waals surface area contributed by atoms with E-state index in [-0.39, 0.29) is 11.6 Å². The van der Waals surface area contributed by atoms with Crippen LogP contribution in [0.4, 0.5) is 0 Å². The van der Waals surface area contributed by atoms with Crippen LogP contribution in [-0.2, 0) is 0 Å². The number of nitrogens with zero attached hydrogens (tertiary/aromatic N) is 3. The monoisotopic (exact) mass is 359 g/mol. The van der Waals surface area contributed by atoms with E-state index in [9.17, 15) is 4.79 Å². The zero-order valence-electron chi connectivity index (χ0n) is 15.6. The standard InChI is InChI=1S/C22H21N3O2/c1-15(2)24-14-17(9-10-20(24)26)21-19-13-18(27-3)11-12-25(19)23-22(21)16-7-5-4-6-8-16/h4-15H,1-3H3. The Kier molecular flexibility index (Phi) is 4.28. The van der Waals surface area contributed by atoms with E-state index in [1.807, 2.05) is 79.3 Å². The summed E-state index contributed by atoms with van der Waals surface area (Å²) in [6.07, 6.45) is 3.80. The minimum absolute atomic E-state index is 0.0101. The number of rotatable bonds is 4. The second-order valence-corrected chi connectivity index (χ2v) is 6.74. The van der Waals surface area contributed by atoms with Gasteiger partial charge < -0.3 is 9.30 Å². The van der Waals surface area contributed by atoms with Crippen LogP contribution in [0.15, 0.2) is 71.8 Å². The zero-order valence-corrected chi connectivity index (χ0v) is 15.6. The summed E-state index contributed by atoms with van der Waals surface area (Å²) in [5.74, 6) is 0.764. The van der Waals surface area contributed by atoms with Crippen LogP contribution >= 0.6 is 0 Å². The van der Waals surface area contributed by atoms with E-state index in [0.717, 1.165) is 33.7 Å². The Balaban J connectivity index is 2.05. The molecule has 0 aliphatic carbocycles. The molecule has 0 radical (unpaired) electrons. The SMILES string of the molecule is COc1ccn2nc(-c3ccccc3)c(-c3ccc(=O)n(C(C)C)c3)c2c1. The lowest BCUT2D eigenvalue weighted by Crippen LogP contribution is -2.20. The fourth-order valence-electron chi connectivity index (χ4n) is 3.29. The highest BCUT2D eigenvalue weighted by molar-refractivity contribution is 5.92. The predicted molar refractivity (Wildman–Crippen MR) is 107 cm³/mol. The number of aromatic nitrogens is 3. The summed E-state index contributed by atoms with van der Waals surface area (Å²) in [5, 5.41) is 4.81. The Morgan fingerprint density at radius 3 is 2.48 bits per heavy atom. The minimum atomic E-state index is -0.0101. The summed E-state index contributed by atoms with van der Waals surface area (Å²) in [5.41, 5.74) is 4.75. The molecule has 4 aromatic rings. The smallest absolute Gasteiger partial charge is 0.250 e. The number of ether oxygens (including phenoxy) is 1. The quantitative estimate of drug-likeness (QED) is 0.542. The van der Waals surface area contributed by atoms with Crippen LogP contribution in [0.5, 0.6) is 5.75 Å². The molecule has 0 fully saturated rings. The van der Waals surface area contributed by atoms with E-state index < -0.39 is 0 Å². The van der Waals surface area contributed by atoms with E-state index in [1.165, 1.54) is 0 Å². The van der Waals surface area contributed by atoms with Gasteiger partial charge in [-0.2, -0.15) is 5.10 Å². The molecule has 4 rings (SSSR count).